The lowest BCUT2D eigenvalue weighted by Gasteiger charge is -2.18. The highest BCUT2D eigenvalue weighted by molar-refractivity contribution is 5.55. The van der Waals surface area contributed by atoms with Crippen molar-refractivity contribution in [3.8, 4) is 17.3 Å². The van der Waals surface area contributed by atoms with Crippen molar-refractivity contribution in [1.29, 1.82) is 0 Å². The first-order chi connectivity index (χ1) is 13.9. The third-order valence-corrected chi connectivity index (χ3v) is 5.03. The van der Waals surface area contributed by atoms with Gasteiger partial charge in [-0.15, -0.1) is 0 Å². The Morgan fingerprint density at radius 2 is 1.76 bits per heavy atom. The fraction of sp³-hybridized carbons (Fsp3) is 0.455. The minimum absolute atomic E-state index is 0.110. The number of hydrogen-bond donors (Lipinski definition) is 0. The molecule has 0 spiro atoms. The zero-order valence-electron chi connectivity index (χ0n) is 17.5. The van der Waals surface area contributed by atoms with Crippen molar-refractivity contribution in [3.05, 3.63) is 47.5 Å². The molecule has 1 saturated heterocycles. The van der Waals surface area contributed by atoms with Gasteiger partial charge in [-0.25, -0.2) is 4.98 Å². The normalized spacial score (nSPS) is 14.4. The molecule has 4 rings (SSSR count). The maximum Gasteiger partial charge on any atom is 0.264 e. The SMILES string of the molecule is Cc1cc(OCc2nc(-c3ccc(C(C)(C)C)cc3)no2)nc(N2CCCC2)n1. The first-order valence-electron chi connectivity index (χ1n) is 10.1. The summed E-state index contributed by atoms with van der Waals surface area (Å²) in [5, 5.41) is 4.08. The van der Waals surface area contributed by atoms with Gasteiger partial charge in [-0.3, -0.25) is 0 Å². The second-order valence-electron chi connectivity index (χ2n) is 8.47. The van der Waals surface area contributed by atoms with Crippen LogP contribution in [0.4, 0.5) is 5.95 Å². The Kier molecular flexibility index (Phi) is 5.22. The molecule has 0 bridgehead atoms. The topological polar surface area (TPSA) is 77.2 Å². The highest BCUT2D eigenvalue weighted by atomic mass is 16.5. The predicted molar refractivity (Wildman–Crippen MR) is 111 cm³/mol. The van der Waals surface area contributed by atoms with Crippen LogP contribution in [0.5, 0.6) is 5.88 Å². The number of nitrogens with zero attached hydrogens (tertiary/aromatic N) is 5. The molecule has 0 unspecified atom stereocenters. The van der Waals surface area contributed by atoms with E-state index in [0.717, 1.165) is 30.3 Å². The van der Waals surface area contributed by atoms with Crippen molar-refractivity contribution in [1.82, 2.24) is 20.1 Å². The monoisotopic (exact) mass is 393 g/mol. The number of hydrogen-bond acceptors (Lipinski definition) is 7. The Labute approximate surface area is 171 Å². The Hall–Kier alpha value is -2.96. The maximum atomic E-state index is 5.81. The van der Waals surface area contributed by atoms with Crippen molar-refractivity contribution in [2.24, 2.45) is 0 Å². The minimum Gasteiger partial charge on any atom is -0.467 e. The van der Waals surface area contributed by atoms with Gasteiger partial charge in [0.1, 0.15) is 0 Å². The van der Waals surface area contributed by atoms with Gasteiger partial charge in [-0.1, -0.05) is 50.2 Å². The fourth-order valence-corrected chi connectivity index (χ4v) is 3.34. The molecule has 1 fully saturated rings. The van der Waals surface area contributed by atoms with E-state index in [1.54, 1.807) is 0 Å². The van der Waals surface area contributed by atoms with Gasteiger partial charge in [0, 0.05) is 30.4 Å². The van der Waals surface area contributed by atoms with Crippen molar-refractivity contribution in [2.75, 3.05) is 18.0 Å². The van der Waals surface area contributed by atoms with E-state index in [1.807, 2.05) is 25.1 Å². The molecule has 0 N–H and O–H groups in total. The quantitative estimate of drug-likeness (QED) is 0.639. The van der Waals surface area contributed by atoms with Gasteiger partial charge in [-0.05, 0) is 30.7 Å². The summed E-state index contributed by atoms with van der Waals surface area (Å²) in [4.78, 5) is 15.7. The van der Waals surface area contributed by atoms with Crippen LogP contribution in [0.15, 0.2) is 34.9 Å². The summed E-state index contributed by atoms with van der Waals surface area (Å²) in [6.07, 6.45) is 2.35. The van der Waals surface area contributed by atoms with Gasteiger partial charge in [0.2, 0.25) is 17.7 Å². The molecule has 3 heterocycles. The van der Waals surface area contributed by atoms with Crippen molar-refractivity contribution < 1.29 is 9.26 Å². The molecule has 2 aromatic heterocycles. The van der Waals surface area contributed by atoms with Crippen LogP contribution < -0.4 is 9.64 Å². The van der Waals surface area contributed by atoms with Gasteiger partial charge in [0.25, 0.3) is 5.89 Å². The summed E-state index contributed by atoms with van der Waals surface area (Å²) in [5.74, 6) is 2.22. The standard InChI is InChI=1S/C22H27N5O2/c1-15-13-18(25-21(23-15)27-11-5-6-12-27)28-14-19-24-20(26-29-19)16-7-9-17(10-8-16)22(2,3)4/h7-10,13H,5-6,11-12,14H2,1-4H3. The van der Waals surface area contributed by atoms with Gasteiger partial charge in [0.15, 0.2) is 6.61 Å². The van der Waals surface area contributed by atoms with Crippen LogP contribution in [-0.2, 0) is 12.0 Å². The number of benzene rings is 1. The van der Waals surface area contributed by atoms with E-state index >= 15 is 0 Å². The summed E-state index contributed by atoms with van der Waals surface area (Å²) in [6.45, 7) is 10.7. The Morgan fingerprint density at radius 1 is 1.03 bits per heavy atom. The smallest absolute Gasteiger partial charge is 0.264 e. The van der Waals surface area contributed by atoms with Crippen LogP contribution in [0.25, 0.3) is 11.4 Å². The first-order valence-corrected chi connectivity index (χ1v) is 10.1. The molecule has 0 aliphatic carbocycles. The molecule has 7 heteroatoms. The van der Waals surface area contributed by atoms with Crippen molar-refractivity contribution in [3.63, 3.8) is 0 Å². The Balaban J connectivity index is 1.43. The van der Waals surface area contributed by atoms with E-state index in [-0.39, 0.29) is 12.0 Å². The highest BCUT2D eigenvalue weighted by Gasteiger charge is 2.17. The highest BCUT2D eigenvalue weighted by Crippen LogP contribution is 2.25. The molecule has 1 aliphatic heterocycles. The second-order valence-corrected chi connectivity index (χ2v) is 8.47. The molecule has 7 nitrogen and oxygen atoms in total. The van der Waals surface area contributed by atoms with Gasteiger partial charge < -0.3 is 14.2 Å². The molecule has 1 aliphatic rings. The minimum atomic E-state index is 0.110. The van der Waals surface area contributed by atoms with E-state index < -0.39 is 0 Å². The van der Waals surface area contributed by atoms with Crippen LogP contribution in [0.1, 0.15) is 50.8 Å². The molecule has 29 heavy (non-hydrogen) atoms. The zero-order valence-corrected chi connectivity index (χ0v) is 17.5. The number of aryl methyl sites for hydroxylation is 1. The molecule has 0 saturated carbocycles. The largest absolute Gasteiger partial charge is 0.467 e. The molecule has 1 aromatic carbocycles. The second kappa shape index (κ2) is 7.81. The summed E-state index contributed by atoms with van der Waals surface area (Å²) >= 11 is 0. The molecule has 0 amide bonds. The third-order valence-electron chi connectivity index (χ3n) is 5.03. The molecule has 0 atom stereocenters. The first kappa shape index (κ1) is 19.4. The summed E-state index contributed by atoms with van der Waals surface area (Å²) < 4.78 is 11.2. The molecular formula is C22H27N5O2. The number of aromatic nitrogens is 4. The van der Waals surface area contributed by atoms with Gasteiger partial charge in [-0.2, -0.15) is 9.97 Å². The van der Waals surface area contributed by atoms with E-state index in [0.29, 0.717) is 17.6 Å². The summed E-state index contributed by atoms with van der Waals surface area (Å²) in [5.41, 5.74) is 3.17. The van der Waals surface area contributed by atoms with E-state index in [1.165, 1.54) is 18.4 Å². The number of ether oxygens (including phenoxy) is 1. The van der Waals surface area contributed by atoms with Crippen LogP contribution in [0, 0.1) is 6.92 Å². The molecule has 3 aromatic rings. The van der Waals surface area contributed by atoms with E-state index in [4.69, 9.17) is 9.26 Å². The summed E-state index contributed by atoms with van der Waals surface area (Å²) in [7, 11) is 0. The number of anilines is 1. The van der Waals surface area contributed by atoms with Crippen LogP contribution >= 0.6 is 0 Å². The average molecular weight is 393 g/mol. The van der Waals surface area contributed by atoms with Crippen molar-refractivity contribution in [2.45, 2.75) is 52.6 Å². The average Bonchev–Trinajstić information content (AvgIpc) is 3.38. The molecular weight excluding hydrogens is 366 g/mol. The lowest BCUT2D eigenvalue weighted by Crippen LogP contribution is -2.21. The summed E-state index contributed by atoms with van der Waals surface area (Å²) in [6, 6.07) is 10.1. The van der Waals surface area contributed by atoms with Gasteiger partial charge >= 0.3 is 0 Å². The molecule has 152 valence electrons. The molecule has 0 radical (unpaired) electrons. The van der Waals surface area contributed by atoms with Gasteiger partial charge in [0.05, 0.1) is 0 Å². The van der Waals surface area contributed by atoms with Crippen LogP contribution in [-0.4, -0.2) is 33.2 Å². The maximum absolute atomic E-state index is 5.81. The van der Waals surface area contributed by atoms with Crippen molar-refractivity contribution >= 4 is 5.95 Å². The number of rotatable bonds is 5. The van der Waals surface area contributed by atoms with E-state index in [9.17, 15) is 0 Å². The van der Waals surface area contributed by atoms with Crippen LogP contribution in [0.3, 0.4) is 0 Å². The Morgan fingerprint density at radius 3 is 2.45 bits per heavy atom. The lowest BCUT2D eigenvalue weighted by molar-refractivity contribution is 0.235. The third kappa shape index (κ3) is 4.55. The van der Waals surface area contributed by atoms with Crippen LogP contribution in [0.2, 0.25) is 0 Å². The van der Waals surface area contributed by atoms with E-state index in [2.05, 4.69) is 57.9 Å². The predicted octanol–water partition coefficient (Wildman–Crippen LogP) is 4.31. The fourth-order valence-electron chi connectivity index (χ4n) is 3.34. The lowest BCUT2D eigenvalue weighted by atomic mass is 9.87. The zero-order chi connectivity index (χ0) is 20.4. The Bertz CT molecular complexity index is 970.